The van der Waals surface area contributed by atoms with Crippen LogP contribution in [0.25, 0.3) is 0 Å². The third kappa shape index (κ3) is 5.10. The molecule has 0 aliphatic carbocycles. The molecule has 1 saturated heterocycles. The van der Waals surface area contributed by atoms with Gasteiger partial charge in [-0.15, -0.1) is 0 Å². The second-order valence-corrected chi connectivity index (χ2v) is 9.93. The molecule has 1 aliphatic rings. The molecule has 1 aliphatic heterocycles. The minimum absolute atomic E-state index is 0.0821. The van der Waals surface area contributed by atoms with Crippen LogP contribution < -0.4 is 5.32 Å². The maximum atomic E-state index is 13.4. The number of rotatable bonds is 6. The predicted octanol–water partition coefficient (Wildman–Crippen LogP) is 3.52. The van der Waals surface area contributed by atoms with Crippen molar-refractivity contribution < 1.29 is 26.0 Å². The molecule has 6 nitrogen and oxygen atoms in total. The van der Waals surface area contributed by atoms with Crippen molar-refractivity contribution in [1.82, 2.24) is 19.2 Å². The first-order chi connectivity index (χ1) is 15.5. The number of halogens is 4. The summed E-state index contributed by atoms with van der Waals surface area (Å²) in [6.07, 6.45) is -1.65. The fourth-order valence-corrected chi connectivity index (χ4v) is 5.44. The van der Waals surface area contributed by atoms with Gasteiger partial charge >= 0.3 is 6.18 Å². The number of sulfonamides is 1. The molecule has 33 heavy (non-hydrogen) atoms. The molecule has 4 rings (SSSR count). The van der Waals surface area contributed by atoms with Gasteiger partial charge in [0.25, 0.3) is 10.0 Å². The van der Waals surface area contributed by atoms with Gasteiger partial charge in [0.2, 0.25) is 0 Å². The Bertz CT molecular complexity index is 1230. The number of aryl methyl sites for hydroxylation is 1. The molecule has 1 N–H and O–H groups in total. The van der Waals surface area contributed by atoms with Crippen LogP contribution in [0.4, 0.5) is 17.6 Å². The van der Waals surface area contributed by atoms with Crippen LogP contribution in [0.3, 0.4) is 0 Å². The van der Waals surface area contributed by atoms with E-state index in [2.05, 4.69) is 10.3 Å². The summed E-state index contributed by atoms with van der Waals surface area (Å²) >= 11 is 0. The Morgan fingerprint density at radius 3 is 2.48 bits per heavy atom. The summed E-state index contributed by atoms with van der Waals surface area (Å²) in [6.45, 7) is 0.342. The summed E-state index contributed by atoms with van der Waals surface area (Å²) in [4.78, 5) is 3.95. The van der Waals surface area contributed by atoms with Gasteiger partial charge in [0.05, 0.1) is 11.9 Å². The SMILES string of the molecule is Cn1cnc(S(=O)(=O)N2C[C@H](NCc3cccc(C(F)(F)F)c3)[C@@H](c3ccc(F)cc3)C2)c1. The van der Waals surface area contributed by atoms with Crippen molar-refractivity contribution in [1.29, 1.82) is 0 Å². The van der Waals surface area contributed by atoms with Crippen LogP contribution in [-0.4, -0.2) is 41.4 Å². The third-order valence-corrected chi connectivity index (χ3v) is 7.41. The maximum Gasteiger partial charge on any atom is 0.416 e. The first-order valence-corrected chi connectivity index (χ1v) is 11.6. The Kier molecular flexibility index (Phi) is 6.30. The molecular formula is C22H22F4N4O2S. The van der Waals surface area contributed by atoms with Crippen molar-refractivity contribution in [2.75, 3.05) is 13.1 Å². The van der Waals surface area contributed by atoms with E-state index >= 15 is 0 Å². The van der Waals surface area contributed by atoms with Gasteiger partial charge in [-0.1, -0.05) is 30.3 Å². The molecular weight excluding hydrogens is 460 g/mol. The van der Waals surface area contributed by atoms with E-state index in [1.54, 1.807) is 25.2 Å². The Hall–Kier alpha value is -2.76. The van der Waals surface area contributed by atoms with Gasteiger partial charge in [0.1, 0.15) is 5.82 Å². The molecule has 11 heteroatoms. The number of alkyl halides is 3. The van der Waals surface area contributed by atoms with Crippen molar-refractivity contribution in [3.8, 4) is 0 Å². The lowest BCUT2D eigenvalue weighted by atomic mass is 9.94. The zero-order valence-electron chi connectivity index (χ0n) is 17.6. The molecule has 2 atom stereocenters. The van der Waals surface area contributed by atoms with E-state index in [4.69, 9.17) is 0 Å². The average Bonchev–Trinajstić information content (AvgIpc) is 3.40. The van der Waals surface area contributed by atoms with Crippen molar-refractivity contribution >= 4 is 10.0 Å². The lowest BCUT2D eigenvalue weighted by Gasteiger charge is -2.20. The molecule has 0 unspecified atom stereocenters. The third-order valence-electron chi connectivity index (χ3n) is 5.69. The summed E-state index contributed by atoms with van der Waals surface area (Å²) in [5.41, 5.74) is 0.410. The van der Waals surface area contributed by atoms with E-state index in [9.17, 15) is 26.0 Å². The molecule has 2 heterocycles. The minimum Gasteiger partial charge on any atom is -0.339 e. The monoisotopic (exact) mass is 482 g/mol. The number of hydrogen-bond donors (Lipinski definition) is 1. The lowest BCUT2D eigenvalue weighted by Crippen LogP contribution is -2.36. The first kappa shape index (κ1) is 23.4. The van der Waals surface area contributed by atoms with E-state index in [0.717, 1.165) is 17.7 Å². The van der Waals surface area contributed by atoms with Crippen molar-refractivity contribution in [3.63, 3.8) is 0 Å². The smallest absolute Gasteiger partial charge is 0.339 e. The molecule has 0 spiro atoms. The highest BCUT2D eigenvalue weighted by atomic mass is 32.2. The largest absolute Gasteiger partial charge is 0.416 e. The number of benzene rings is 2. The van der Waals surface area contributed by atoms with Gasteiger partial charge in [-0.2, -0.15) is 17.5 Å². The van der Waals surface area contributed by atoms with Crippen LogP contribution >= 0.6 is 0 Å². The van der Waals surface area contributed by atoms with Gasteiger partial charge in [-0.3, -0.25) is 0 Å². The summed E-state index contributed by atoms with van der Waals surface area (Å²) in [7, 11) is -2.21. The van der Waals surface area contributed by atoms with Gasteiger partial charge in [-0.25, -0.2) is 17.8 Å². The summed E-state index contributed by atoms with van der Waals surface area (Å²) in [5.74, 6) is -0.738. The summed E-state index contributed by atoms with van der Waals surface area (Å²) < 4.78 is 81.6. The van der Waals surface area contributed by atoms with Gasteiger partial charge in [0.15, 0.2) is 5.03 Å². The van der Waals surface area contributed by atoms with E-state index in [0.29, 0.717) is 5.56 Å². The molecule has 2 aromatic carbocycles. The first-order valence-electron chi connectivity index (χ1n) is 10.2. The molecule has 0 bridgehead atoms. The zero-order chi connectivity index (χ0) is 23.8. The van der Waals surface area contributed by atoms with Gasteiger partial charge in [-0.05, 0) is 29.3 Å². The highest BCUT2D eigenvalue weighted by Gasteiger charge is 2.40. The minimum atomic E-state index is -4.45. The molecule has 0 radical (unpaired) electrons. The van der Waals surface area contributed by atoms with Crippen LogP contribution in [0.5, 0.6) is 0 Å². The zero-order valence-corrected chi connectivity index (χ0v) is 18.4. The van der Waals surface area contributed by atoms with Crippen molar-refractivity contribution in [2.24, 2.45) is 7.05 Å². The fraction of sp³-hybridized carbons (Fsp3) is 0.318. The number of nitrogens with one attached hydrogen (secondary N) is 1. The topological polar surface area (TPSA) is 67.2 Å². The standard InChI is InChI=1S/C22H22F4N4O2S/c1-29-13-21(28-14-29)33(31,32)30-11-19(16-5-7-18(23)8-6-16)20(12-30)27-10-15-3-2-4-17(9-15)22(24,25)26/h2-9,13-14,19-20,27H,10-12H2,1H3/t19-,20+/m1/s1. The van der Waals surface area contributed by atoms with Gasteiger partial charge < -0.3 is 9.88 Å². The molecule has 1 fully saturated rings. The number of aromatic nitrogens is 2. The Balaban J connectivity index is 1.58. The lowest BCUT2D eigenvalue weighted by molar-refractivity contribution is -0.137. The van der Waals surface area contributed by atoms with Crippen molar-refractivity contribution in [2.45, 2.75) is 29.7 Å². The average molecular weight is 483 g/mol. The Labute approximate surface area is 188 Å². The molecule has 0 saturated carbocycles. The molecule has 1 aromatic heterocycles. The summed E-state index contributed by atoms with van der Waals surface area (Å²) in [5, 5.41) is 3.12. The number of hydrogen-bond acceptors (Lipinski definition) is 4. The van der Waals surface area contributed by atoms with Crippen LogP contribution in [0, 0.1) is 5.82 Å². The second-order valence-electron chi connectivity index (χ2n) is 8.04. The number of imidazole rings is 1. The van der Waals surface area contributed by atoms with E-state index in [-0.39, 0.29) is 30.6 Å². The number of nitrogens with zero attached hydrogens (tertiary/aromatic N) is 3. The van der Waals surface area contributed by atoms with Crippen LogP contribution in [0.1, 0.15) is 22.6 Å². The predicted molar refractivity (Wildman–Crippen MR) is 113 cm³/mol. The normalized spacial score (nSPS) is 19.8. The van der Waals surface area contributed by atoms with Gasteiger partial charge in [0, 0.05) is 44.8 Å². The van der Waals surface area contributed by atoms with E-state index in [1.807, 2.05) is 0 Å². The molecule has 3 aromatic rings. The Morgan fingerprint density at radius 1 is 1.12 bits per heavy atom. The molecule has 176 valence electrons. The molecule has 0 amide bonds. The highest BCUT2D eigenvalue weighted by molar-refractivity contribution is 7.89. The van der Waals surface area contributed by atoms with Crippen LogP contribution in [-0.2, 0) is 29.8 Å². The maximum absolute atomic E-state index is 13.4. The van der Waals surface area contributed by atoms with E-state index in [1.165, 1.54) is 39.6 Å². The quantitative estimate of drug-likeness (QED) is 0.546. The van der Waals surface area contributed by atoms with Crippen LogP contribution in [0.2, 0.25) is 0 Å². The van der Waals surface area contributed by atoms with Crippen LogP contribution in [0.15, 0.2) is 66.1 Å². The van der Waals surface area contributed by atoms with E-state index < -0.39 is 33.6 Å². The highest BCUT2D eigenvalue weighted by Crippen LogP contribution is 2.32. The Morgan fingerprint density at radius 2 is 1.85 bits per heavy atom. The summed E-state index contributed by atoms with van der Waals surface area (Å²) in [6, 6.07) is 10.4. The van der Waals surface area contributed by atoms with Crippen molar-refractivity contribution in [3.05, 3.63) is 83.6 Å². The fourth-order valence-electron chi connectivity index (χ4n) is 3.98. The second kappa shape index (κ2) is 8.88.